The number of rotatable bonds is 4. The summed E-state index contributed by atoms with van der Waals surface area (Å²) in [6.07, 6.45) is 0. The summed E-state index contributed by atoms with van der Waals surface area (Å²) < 4.78 is 13.4. The summed E-state index contributed by atoms with van der Waals surface area (Å²) in [6.45, 7) is 4.78. The molecule has 0 saturated carbocycles. The van der Waals surface area contributed by atoms with Gasteiger partial charge in [-0.2, -0.15) is 0 Å². The summed E-state index contributed by atoms with van der Waals surface area (Å²) in [7, 11) is 1.67. The topological polar surface area (TPSA) is 40.2 Å². The van der Waals surface area contributed by atoms with Crippen LogP contribution in [0.4, 0.5) is 0 Å². The van der Waals surface area contributed by atoms with Crippen molar-refractivity contribution < 1.29 is 9.15 Å². The highest BCUT2D eigenvalue weighted by atomic mass is 16.5. The van der Waals surface area contributed by atoms with Crippen molar-refractivity contribution >= 4 is 11.0 Å². The number of fused-ring (bicyclic) bond motifs is 1. The first-order chi connectivity index (χ1) is 12.1. The van der Waals surface area contributed by atoms with Gasteiger partial charge in [-0.15, -0.1) is 0 Å². The molecule has 0 spiro atoms. The van der Waals surface area contributed by atoms with Gasteiger partial charge in [-0.1, -0.05) is 29.8 Å². The maximum atomic E-state index is 5.84. The van der Waals surface area contributed by atoms with Gasteiger partial charge in [-0.3, -0.25) is 0 Å². The van der Waals surface area contributed by atoms with E-state index in [1.54, 1.807) is 7.11 Å². The zero-order valence-electron chi connectivity index (χ0n) is 14.6. The summed E-state index contributed by atoms with van der Waals surface area (Å²) in [4.78, 5) is 4.81. The highest BCUT2D eigenvalue weighted by Gasteiger charge is 2.16. The second-order valence-corrected chi connectivity index (χ2v) is 6.27. The standard InChI is InChI=1S/C21H20N2O2/c1-14-4-7-16(8-5-14)13-23-19-10-9-17(24-3)12-18(19)22-21(23)20-11-6-15(2)25-20/h4-12H,13H2,1-3H3. The van der Waals surface area contributed by atoms with E-state index >= 15 is 0 Å². The molecule has 4 aromatic rings. The zero-order valence-corrected chi connectivity index (χ0v) is 14.6. The van der Waals surface area contributed by atoms with Crippen LogP contribution in [-0.2, 0) is 6.54 Å². The Bertz CT molecular complexity index is 1030. The number of methoxy groups -OCH3 is 1. The second kappa shape index (κ2) is 6.13. The molecule has 2 heterocycles. The smallest absolute Gasteiger partial charge is 0.177 e. The van der Waals surface area contributed by atoms with Crippen molar-refractivity contribution in [3.05, 3.63) is 71.5 Å². The third-order valence-electron chi connectivity index (χ3n) is 4.38. The van der Waals surface area contributed by atoms with Gasteiger partial charge in [0.2, 0.25) is 0 Å². The van der Waals surface area contributed by atoms with Gasteiger partial charge >= 0.3 is 0 Å². The van der Waals surface area contributed by atoms with Crippen LogP contribution in [-0.4, -0.2) is 16.7 Å². The summed E-state index contributed by atoms with van der Waals surface area (Å²) in [5, 5.41) is 0. The van der Waals surface area contributed by atoms with E-state index in [4.69, 9.17) is 14.1 Å². The third-order valence-corrected chi connectivity index (χ3v) is 4.38. The van der Waals surface area contributed by atoms with Gasteiger partial charge < -0.3 is 13.7 Å². The number of benzene rings is 2. The maximum absolute atomic E-state index is 5.84. The molecule has 0 unspecified atom stereocenters. The average Bonchev–Trinajstić information content (AvgIpc) is 3.20. The highest BCUT2D eigenvalue weighted by Crippen LogP contribution is 2.29. The minimum atomic E-state index is 0.734. The molecule has 4 nitrogen and oxygen atoms in total. The minimum absolute atomic E-state index is 0.734. The molecule has 0 fully saturated rings. The lowest BCUT2D eigenvalue weighted by atomic mass is 10.1. The fourth-order valence-electron chi connectivity index (χ4n) is 3.02. The predicted octanol–water partition coefficient (Wildman–Crippen LogP) is 4.97. The Hall–Kier alpha value is -3.01. The molecule has 0 aliphatic rings. The van der Waals surface area contributed by atoms with E-state index in [0.29, 0.717) is 0 Å². The van der Waals surface area contributed by atoms with E-state index in [1.807, 2.05) is 31.2 Å². The average molecular weight is 332 g/mol. The second-order valence-electron chi connectivity index (χ2n) is 6.27. The molecule has 0 aliphatic carbocycles. The molecule has 0 radical (unpaired) electrons. The Morgan fingerprint density at radius 2 is 1.80 bits per heavy atom. The van der Waals surface area contributed by atoms with Gasteiger partial charge in [-0.25, -0.2) is 4.98 Å². The van der Waals surface area contributed by atoms with Gasteiger partial charge in [0.1, 0.15) is 11.5 Å². The van der Waals surface area contributed by atoms with Crippen LogP contribution in [0.15, 0.2) is 59.0 Å². The molecular formula is C21H20N2O2. The molecule has 0 bridgehead atoms. The number of aryl methyl sites for hydroxylation is 2. The first-order valence-electron chi connectivity index (χ1n) is 8.30. The first kappa shape index (κ1) is 15.5. The lowest BCUT2D eigenvalue weighted by molar-refractivity contribution is 0.415. The Kier molecular flexibility index (Phi) is 3.80. The van der Waals surface area contributed by atoms with Crippen LogP contribution >= 0.6 is 0 Å². The van der Waals surface area contributed by atoms with Gasteiger partial charge in [-0.05, 0) is 43.7 Å². The molecule has 25 heavy (non-hydrogen) atoms. The Morgan fingerprint density at radius 3 is 2.48 bits per heavy atom. The molecule has 0 amide bonds. The van der Waals surface area contributed by atoms with E-state index < -0.39 is 0 Å². The van der Waals surface area contributed by atoms with E-state index in [-0.39, 0.29) is 0 Å². The number of furan rings is 1. The Balaban J connectivity index is 1.87. The fraction of sp³-hybridized carbons (Fsp3) is 0.190. The number of aromatic nitrogens is 2. The van der Waals surface area contributed by atoms with Crippen LogP contribution in [0.5, 0.6) is 5.75 Å². The third kappa shape index (κ3) is 2.91. The van der Waals surface area contributed by atoms with Crippen molar-refractivity contribution in [1.82, 2.24) is 9.55 Å². The number of ether oxygens (including phenoxy) is 1. The summed E-state index contributed by atoms with van der Waals surface area (Å²) in [5.74, 6) is 3.29. The van der Waals surface area contributed by atoms with E-state index in [0.717, 1.165) is 40.7 Å². The maximum Gasteiger partial charge on any atom is 0.177 e. The number of imidazole rings is 1. The predicted molar refractivity (Wildman–Crippen MR) is 99.0 cm³/mol. The fourth-order valence-corrected chi connectivity index (χ4v) is 3.02. The Labute approximate surface area is 146 Å². The highest BCUT2D eigenvalue weighted by molar-refractivity contribution is 5.81. The molecule has 0 saturated heterocycles. The van der Waals surface area contributed by atoms with E-state index in [2.05, 4.69) is 41.8 Å². The zero-order chi connectivity index (χ0) is 17.4. The normalized spacial score (nSPS) is 11.2. The van der Waals surface area contributed by atoms with Crippen LogP contribution in [0.3, 0.4) is 0 Å². The van der Waals surface area contributed by atoms with Crippen LogP contribution in [0.1, 0.15) is 16.9 Å². The minimum Gasteiger partial charge on any atom is -0.497 e. The van der Waals surface area contributed by atoms with Crippen molar-refractivity contribution in [2.24, 2.45) is 0 Å². The first-order valence-corrected chi connectivity index (χ1v) is 8.30. The largest absolute Gasteiger partial charge is 0.497 e. The van der Waals surface area contributed by atoms with Crippen LogP contribution in [0.25, 0.3) is 22.6 Å². The van der Waals surface area contributed by atoms with Crippen LogP contribution in [0.2, 0.25) is 0 Å². The number of hydrogen-bond acceptors (Lipinski definition) is 3. The summed E-state index contributed by atoms with van der Waals surface area (Å²) in [6, 6.07) is 18.5. The van der Waals surface area contributed by atoms with Crippen molar-refractivity contribution in [3.8, 4) is 17.3 Å². The van der Waals surface area contributed by atoms with Crippen molar-refractivity contribution in [3.63, 3.8) is 0 Å². The van der Waals surface area contributed by atoms with Crippen molar-refractivity contribution in [2.45, 2.75) is 20.4 Å². The van der Waals surface area contributed by atoms with Gasteiger partial charge in [0, 0.05) is 12.6 Å². The molecule has 0 N–H and O–H groups in total. The molecular weight excluding hydrogens is 312 g/mol. The lowest BCUT2D eigenvalue weighted by Gasteiger charge is -2.09. The van der Waals surface area contributed by atoms with Crippen LogP contribution < -0.4 is 4.74 Å². The molecule has 2 aromatic heterocycles. The van der Waals surface area contributed by atoms with Crippen molar-refractivity contribution in [1.29, 1.82) is 0 Å². The molecule has 4 heteroatoms. The lowest BCUT2D eigenvalue weighted by Crippen LogP contribution is -2.02. The molecule has 126 valence electrons. The van der Waals surface area contributed by atoms with E-state index in [1.165, 1.54) is 11.1 Å². The number of nitrogens with zero attached hydrogens (tertiary/aromatic N) is 2. The summed E-state index contributed by atoms with van der Waals surface area (Å²) in [5.41, 5.74) is 4.44. The SMILES string of the molecule is COc1ccc2c(c1)nc(-c1ccc(C)o1)n2Cc1ccc(C)cc1. The van der Waals surface area contributed by atoms with E-state index in [9.17, 15) is 0 Å². The van der Waals surface area contributed by atoms with Crippen molar-refractivity contribution in [2.75, 3.05) is 7.11 Å². The molecule has 0 aliphatic heterocycles. The van der Waals surface area contributed by atoms with Gasteiger partial charge in [0.05, 0.1) is 18.1 Å². The molecule has 2 aromatic carbocycles. The number of hydrogen-bond donors (Lipinski definition) is 0. The monoisotopic (exact) mass is 332 g/mol. The molecule has 4 rings (SSSR count). The quantitative estimate of drug-likeness (QED) is 0.530. The molecule has 0 atom stereocenters. The van der Waals surface area contributed by atoms with Gasteiger partial charge in [0.15, 0.2) is 11.6 Å². The Morgan fingerprint density at radius 1 is 1.00 bits per heavy atom. The summed E-state index contributed by atoms with van der Waals surface area (Å²) >= 11 is 0. The van der Waals surface area contributed by atoms with Crippen LogP contribution in [0, 0.1) is 13.8 Å². The van der Waals surface area contributed by atoms with Gasteiger partial charge in [0.25, 0.3) is 0 Å².